The number of anilines is 2. The SMILES string of the molecule is COc1cc(N(Cc2cccc(N)c2)C2CC2)ccn1. The average molecular weight is 269 g/mol. The number of nitrogens with two attached hydrogens (primary N) is 1. The molecule has 2 aromatic rings. The monoisotopic (exact) mass is 269 g/mol. The first-order valence-electron chi connectivity index (χ1n) is 6.87. The third-order valence-corrected chi connectivity index (χ3v) is 3.55. The van der Waals surface area contributed by atoms with Crippen molar-refractivity contribution in [1.29, 1.82) is 0 Å². The summed E-state index contributed by atoms with van der Waals surface area (Å²) in [6, 6.07) is 12.7. The maximum Gasteiger partial charge on any atom is 0.214 e. The van der Waals surface area contributed by atoms with Crippen LogP contribution in [0.5, 0.6) is 5.88 Å². The zero-order chi connectivity index (χ0) is 13.9. The maximum absolute atomic E-state index is 5.86. The minimum absolute atomic E-state index is 0.614. The Labute approximate surface area is 119 Å². The molecule has 1 aliphatic rings. The van der Waals surface area contributed by atoms with E-state index in [0.29, 0.717) is 11.9 Å². The number of pyridine rings is 1. The normalized spacial score (nSPS) is 14.1. The highest BCUT2D eigenvalue weighted by Crippen LogP contribution is 2.34. The molecule has 20 heavy (non-hydrogen) atoms. The molecule has 0 spiro atoms. The van der Waals surface area contributed by atoms with Crippen LogP contribution in [0.4, 0.5) is 11.4 Å². The first-order valence-corrected chi connectivity index (χ1v) is 6.87. The molecule has 1 aromatic heterocycles. The molecule has 0 saturated heterocycles. The summed E-state index contributed by atoms with van der Waals surface area (Å²) in [7, 11) is 1.64. The Morgan fingerprint density at radius 2 is 2.15 bits per heavy atom. The van der Waals surface area contributed by atoms with Crippen molar-refractivity contribution in [3.05, 3.63) is 48.2 Å². The van der Waals surface area contributed by atoms with Crippen LogP contribution >= 0.6 is 0 Å². The van der Waals surface area contributed by atoms with Crippen LogP contribution in [0.3, 0.4) is 0 Å². The van der Waals surface area contributed by atoms with Crippen LogP contribution < -0.4 is 15.4 Å². The molecule has 104 valence electrons. The summed E-state index contributed by atoms with van der Waals surface area (Å²) in [5.41, 5.74) is 9.06. The van der Waals surface area contributed by atoms with E-state index in [2.05, 4.69) is 16.0 Å². The molecule has 4 nitrogen and oxygen atoms in total. The van der Waals surface area contributed by atoms with Crippen molar-refractivity contribution >= 4 is 11.4 Å². The number of hydrogen-bond acceptors (Lipinski definition) is 4. The van der Waals surface area contributed by atoms with Crippen molar-refractivity contribution in [3.63, 3.8) is 0 Å². The van der Waals surface area contributed by atoms with E-state index in [0.717, 1.165) is 17.9 Å². The number of benzene rings is 1. The Hall–Kier alpha value is -2.23. The number of methoxy groups -OCH3 is 1. The third kappa shape index (κ3) is 2.85. The second kappa shape index (κ2) is 5.41. The van der Waals surface area contributed by atoms with Crippen molar-refractivity contribution < 1.29 is 4.74 Å². The molecule has 0 unspecified atom stereocenters. The van der Waals surface area contributed by atoms with Gasteiger partial charge < -0.3 is 15.4 Å². The summed E-state index contributed by atoms with van der Waals surface area (Å²) in [5, 5.41) is 0. The van der Waals surface area contributed by atoms with Gasteiger partial charge in [-0.15, -0.1) is 0 Å². The van der Waals surface area contributed by atoms with Crippen molar-refractivity contribution in [2.75, 3.05) is 17.7 Å². The van der Waals surface area contributed by atoms with Crippen molar-refractivity contribution in [2.24, 2.45) is 0 Å². The fraction of sp³-hybridized carbons (Fsp3) is 0.312. The predicted octanol–water partition coefficient (Wildman–Crippen LogP) is 2.84. The Kier molecular flexibility index (Phi) is 3.46. The number of aromatic nitrogens is 1. The van der Waals surface area contributed by atoms with Crippen molar-refractivity contribution in [2.45, 2.75) is 25.4 Å². The molecule has 1 aromatic carbocycles. The number of nitrogen functional groups attached to an aromatic ring is 1. The van der Waals surface area contributed by atoms with Gasteiger partial charge in [-0.3, -0.25) is 0 Å². The number of nitrogens with zero attached hydrogens (tertiary/aromatic N) is 2. The lowest BCUT2D eigenvalue weighted by Crippen LogP contribution is -2.25. The number of ether oxygens (including phenoxy) is 1. The summed E-state index contributed by atoms with van der Waals surface area (Å²) in [4.78, 5) is 6.57. The van der Waals surface area contributed by atoms with Crippen LogP contribution in [-0.4, -0.2) is 18.1 Å². The molecule has 1 heterocycles. The molecule has 0 amide bonds. The second-order valence-corrected chi connectivity index (χ2v) is 5.16. The Morgan fingerprint density at radius 1 is 1.30 bits per heavy atom. The van der Waals surface area contributed by atoms with Gasteiger partial charge in [0.15, 0.2) is 0 Å². The summed E-state index contributed by atoms with van der Waals surface area (Å²) in [5.74, 6) is 0.653. The molecule has 1 aliphatic carbocycles. The highest BCUT2D eigenvalue weighted by atomic mass is 16.5. The van der Waals surface area contributed by atoms with Crippen LogP contribution in [0.1, 0.15) is 18.4 Å². The summed E-state index contributed by atoms with van der Waals surface area (Å²) in [6.07, 6.45) is 4.28. The van der Waals surface area contributed by atoms with Gasteiger partial charge in [-0.25, -0.2) is 4.98 Å². The molecule has 4 heteroatoms. The Bertz CT molecular complexity index is 596. The van der Waals surface area contributed by atoms with E-state index in [1.54, 1.807) is 13.3 Å². The fourth-order valence-electron chi connectivity index (χ4n) is 2.39. The van der Waals surface area contributed by atoms with Gasteiger partial charge in [-0.2, -0.15) is 0 Å². The zero-order valence-electron chi connectivity index (χ0n) is 11.6. The highest BCUT2D eigenvalue weighted by Gasteiger charge is 2.29. The molecule has 1 saturated carbocycles. The molecule has 0 radical (unpaired) electrons. The summed E-state index contributed by atoms with van der Waals surface area (Å²) in [6.45, 7) is 0.864. The van der Waals surface area contributed by atoms with E-state index >= 15 is 0 Å². The van der Waals surface area contributed by atoms with Crippen molar-refractivity contribution in [3.8, 4) is 5.88 Å². The number of rotatable bonds is 5. The van der Waals surface area contributed by atoms with E-state index in [9.17, 15) is 0 Å². The first kappa shape index (κ1) is 12.8. The first-order chi connectivity index (χ1) is 9.76. The molecular formula is C16H19N3O. The summed E-state index contributed by atoms with van der Waals surface area (Å²) < 4.78 is 5.22. The molecule has 3 rings (SSSR count). The van der Waals surface area contributed by atoms with Gasteiger partial charge in [0.25, 0.3) is 0 Å². The molecule has 0 bridgehead atoms. The van der Waals surface area contributed by atoms with Crippen LogP contribution in [0.2, 0.25) is 0 Å². The summed E-state index contributed by atoms with van der Waals surface area (Å²) >= 11 is 0. The molecule has 0 atom stereocenters. The van der Waals surface area contributed by atoms with Gasteiger partial charge in [0.2, 0.25) is 5.88 Å². The van der Waals surface area contributed by atoms with Crippen LogP contribution in [0.15, 0.2) is 42.6 Å². The van der Waals surface area contributed by atoms with E-state index in [-0.39, 0.29) is 0 Å². The standard InChI is InChI=1S/C16H19N3O/c1-20-16-10-15(7-8-18-16)19(14-5-6-14)11-12-3-2-4-13(17)9-12/h2-4,7-10,14H,5-6,11,17H2,1H3. The Morgan fingerprint density at radius 3 is 2.85 bits per heavy atom. The van der Waals surface area contributed by atoms with Gasteiger partial charge in [-0.05, 0) is 36.6 Å². The minimum atomic E-state index is 0.614. The Balaban J connectivity index is 1.85. The van der Waals surface area contributed by atoms with E-state index in [1.165, 1.54) is 18.4 Å². The van der Waals surface area contributed by atoms with Gasteiger partial charge >= 0.3 is 0 Å². The molecule has 1 fully saturated rings. The van der Waals surface area contributed by atoms with Crippen LogP contribution in [-0.2, 0) is 6.54 Å². The zero-order valence-corrected chi connectivity index (χ0v) is 11.6. The fourth-order valence-corrected chi connectivity index (χ4v) is 2.39. The maximum atomic E-state index is 5.86. The lowest BCUT2D eigenvalue weighted by Gasteiger charge is -2.25. The van der Waals surface area contributed by atoms with Crippen LogP contribution in [0, 0.1) is 0 Å². The smallest absolute Gasteiger partial charge is 0.214 e. The molecule has 2 N–H and O–H groups in total. The van der Waals surface area contributed by atoms with E-state index in [1.807, 2.05) is 30.3 Å². The minimum Gasteiger partial charge on any atom is -0.481 e. The van der Waals surface area contributed by atoms with Gasteiger partial charge in [-0.1, -0.05) is 12.1 Å². The van der Waals surface area contributed by atoms with E-state index < -0.39 is 0 Å². The highest BCUT2D eigenvalue weighted by molar-refractivity contribution is 5.51. The average Bonchev–Trinajstić information content (AvgIpc) is 3.29. The van der Waals surface area contributed by atoms with Crippen LogP contribution in [0.25, 0.3) is 0 Å². The molecular weight excluding hydrogens is 250 g/mol. The van der Waals surface area contributed by atoms with Gasteiger partial charge in [0.05, 0.1) is 7.11 Å². The lowest BCUT2D eigenvalue weighted by molar-refractivity contribution is 0.398. The molecule has 0 aliphatic heterocycles. The van der Waals surface area contributed by atoms with Gasteiger partial charge in [0.1, 0.15) is 0 Å². The van der Waals surface area contributed by atoms with E-state index in [4.69, 9.17) is 10.5 Å². The van der Waals surface area contributed by atoms with Gasteiger partial charge in [0, 0.05) is 36.2 Å². The van der Waals surface area contributed by atoms with Crippen molar-refractivity contribution in [1.82, 2.24) is 4.98 Å². The quantitative estimate of drug-likeness (QED) is 0.848. The second-order valence-electron chi connectivity index (χ2n) is 5.16. The lowest BCUT2D eigenvalue weighted by atomic mass is 10.2. The third-order valence-electron chi connectivity index (χ3n) is 3.55. The largest absolute Gasteiger partial charge is 0.481 e. The number of hydrogen-bond donors (Lipinski definition) is 1. The predicted molar refractivity (Wildman–Crippen MR) is 80.8 cm³/mol. The topological polar surface area (TPSA) is 51.4 Å².